The highest BCUT2D eigenvalue weighted by atomic mass is 16.6. The van der Waals surface area contributed by atoms with E-state index in [2.05, 4.69) is 9.88 Å². The zero-order valence-corrected chi connectivity index (χ0v) is 18.9. The van der Waals surface area contributed by atoms with Crippen molar-refractivity contribution in [3.05, 3.63) is 30.0 Å². The molecule has 0 spiro atoms. The van der Waals surface area contributed by atoms with E-state index in [0.29, 0.717) is 17.4 Å². The van der Waals surface area contributed by atoms with Gasteiger partial charge in [-0.05, 0) is 63.8 Å². The fourth-order valence-electron chi connectivity index (χ4n) is 4.48. The number of ether oxygens (including phenoxy) is 1. The number of carbonyl (C=O) groups is 2. The summed E-state index contributed by atoms with van der Waals surface area (Å²) in [6.07, 6.45) is 12.3. The van der Waals surface area contributed by atoms with Crippen LogP contribution in [-0.4, -0.2) is 57.8 Å². The van der Waals surface area contributed by atoms with Gasteiger partial charge in [0.25, 0.3) is 0 Å². The molecule has 1 N–H and O–H groups in total. The van der Waals surface area contributed by atoms with Gasteiger partial charge in [-0.15, -0.1) is 0 Å². The number of pyridine rings is 1. The molecule has 7 heteroatoms. The molecule has 1 aliphatic carbocycles. The molecule has 1 saturated heterocycles. The molecule has 2 fully saturated rings. The van der Waals surface area contributed by atoms with Crippen LogP contribution in [0, 0.1) is 0 Å². The van der Waals surface area contributed by atoms with Crippen LogP contribution < -0.4 is 4.90 Å². The molecule has 7 nitrogen and oxygen atoms in total. The topological polar surface area (TPSA) is 83.0 Å². The summed E-state index contributed by atoms with van der Waals surface area (Å²) in [6, 6.07) is 4.15. The predicted molar refractivity (Wildman–Crippen MR) is 121 cm³/mol. The highest BCUT2D eigenvalue weighted by Crippen LogP contribution is 2.29. The van der Waals surface area contributed by atoms with Gasteiger partial charge in [0.1, 0.15) is 11.4 Å². The predicted octanol–water partition coefficient (Wildman–Crippen LogP) is 4.72. The molecule has 1 atom stereocenters. The van der Waals surface area contributed by atoms with Crippen molar-refractivity contribution in [2.45, 2.75) is 83.4 Å². The van der Waals surface area contributed by atoms with Gasteiger partial charge in [0, 0.05) is 31.4 Å². The summed E-state index contributed by atoms with van der Waals surface area (Å²) in [6.45, 7) is 7.40. The lowest BCUT2D eigenvalue weighted by Crippen LogP contribution is -2.46. The first kappa shape index (κ1) is 23.3. The third kappa shape index (κ3) is 6.79. The molecule has 0 aromatic carbocycles. The maximum atomic E-state index is 13.1. The van der Waals surface area contributed by atoms with Gasteiger partial charge in [-0.25, -0.2) is 14.6 Å². The first-order valence-corrected chi connectivity index (χ1v) is 11.4. The number of nitrogens with zero attached hydrogens (tertiary/aromatic N) is 3. The number of rotatable bonds is 5. The van der Waals surface area contributed by atoms with Crippen LogP contribution in [0.1, 0.15) is 71.3 Å². The van der Waals surface area contributed by atoms with Crippen LogP contribution in [0.4, 0.5) is 10.6 Å². The number of hydrogen-bond acceptors (Lipinski definition) is 5. The van der Waals surface area contributed by atoms with Gasteiger partial charge in [-0.3, -0.25) is 9.80 Å². The number of aromatic nitrogens is 1. The fourth-order valence-corrected chi connectivity index (χ4v) is 4.48. The van der Waals surface area contributed by atoms with Crippen LogP contribution in [0.2, 0.25) is 0 Å². The van der Waals surface area contributed by atoms with Crippen molar-refractivity contribution in [3.8, 4) is 0 Å². The number of carboxylic acids is 1. The molecular formula is C24H35N3O4. The maximum absolute atomic E-state index is 13.1. The van der Waals surface area contributed by atoms with Gasteiger partial charge in [-0.2, -0.15) is 0 Å². The minimum atomic E-state index is -1.01. The Labute approximate surface area is 185 Å². The van der Waals surface area contributed by atoms with E-state index in [9.17, 15) is 9.59 Å². The summed E-state index contributed by atoms with van der Waals surface area (Å²) in [4.78, 5) is 32.6. The van der Waals surface area contributed by atoms with E-state index in [1.807, 2.05) is 20.8 Å². The van der Waals surface area contributed by atoms with E-state index in [-0.39, 0.29) is 12.1 Å². The molecule has 170 valence electrons. The van der Waals surface area contributed by atoms with Crippen molar-refractivity contribution in [3.63, 3.8) is 0 Å². The summed E-state index contributed by atoms with van der Waals surface area (Å²) < 4.78 is 5.71. The number of carboxylic acid groups (broad SMARTS) is 1. The first-order valence-electron chi connectivity index (χ1n) is 11.4. The number of amides is 1. The average molecular weight is 430 g/mol. The van der Waals surface area contributed by atoms with E-state index in [1.54, 1.807) is 23.2 Å². The second-order valence-corrected chi connectivity index (χ2v) is 9.55. The highest BCUT2D eigenvalue weighted by molar-refractivity contribution is 5.88. The Morgan fingerprint density at radius 2 is 1.87 bits per heavy atom. The minimum Gasteiger partial charge on any atom is -0.478 e. The molecule has 2 aliphatic rings. The average Bonchev–Trinajstić information content (AvgIpc) is 3.00. The zero-order chi connectivity index (χ0) is 22.4. The monoisotopic (exact) mass is 429 g/mol. The maximum Gasteiger partial charge on any atom is 0.416 e. The molecule has 0 unspecified atom stereocenters. The molecule has 1 aromatic rings. The van der Waals surface area contributed by atoms with Gasteiger partial charge in [0.2, 0.25) is 0 Å². The number of anilines is 1. The van der Waals surface area contributed by atoms with E-state index < -0.39 is 11.6 Å². The van der Waals surface area contributed by atoms with Gasteiger partial charge in [0.15, 0.2) is 0 Å². The smallest absolute Gasteiger partial charge is 0.416 e. The van der Waals surface area contributed by atoms with Gasteiger partial charge in [-0.1, -0.05) is 25.7 Å². The SMILES string of the molecule is CC(C)(C)OC(=O)N(c1ccc(C=CC(=O)O)cn1)[C@@H]1CCN(C2CCCCCC2)C1. The molecule has 3 rings (SSSR count). The largest absolute Gasteiger partial charge is 0.478 e. The van der Waals surface area contributed by atoms with Crippen LogP contribution in [-0.2, 0) is 9.53 Å². The van der Waals surface area contributed by atoms with E-state index in [0.717, 1.165) is 25.6 Å². The second-order valence-electron chi connectivity index (χ2n) is 9.55. The summed E-state index contributed by atoms with van der Waals surface area (Å²) in [5.74, 6) is -0.474. The van der Waals surface area contributed by atoms with Crippen LogP contribution in [0.5, 0.6) is 0 Å². The standard InChI is InChI=1S/C24H35N3O4/c1-24(2,3)31-23(30)27(21-12-10-18(16-25-21)11-13-22(28)29)20-14-15-26(17-20)19-8-6-4-5-7-9-19/h10-13,16,19-20H,4-9,14-15,17H2,1-3H3,(H,28,29)/t20-/m1/s1. The van der Waals surface area contributed by atoms with E-state index in [4.69, 9.17) is 9.84 Å². The van der Waals surface area contributed by atoms with Crippen LogP contribution in [0.15, 0.2) is 24.4 Å². The normalized spacial score (nSPS) is 21.2. The molecule has 1 aromatic heterocycles. The number of hydrogen-bond donors (Lipinski definition) is 1. The third-order valence-electron chi connectivity index (χ3n) is 5.93. The quantitative estimate of drug-likeness (QED) is 0.539. The Balaban J connectivity index is 1.78. The molecule has 0 radical (unpaired) electrons. The summed E-state index contributed by atoms with van der Waals surface area (Å²) in [7, 11) is 0. The van der Waals surface area contributed by atoms with Crippen molar-refractivity contribution >= 4 is 24.0 Å². The van der Waals surface area contributed by atoms with Gasteiger partial charge >= 0.3 is 12.1 Å². The molecule has 2 heterocycles. The number of aliphatic carboxylic acids is 1. The Morgan fingerprint density at radius 1 is 1.16 bits per heavy atom. The Bertz CT molecular complexity index is 777. The second kappa shape index (κ2) is 10.3. The van der Waals surface area contributed by atoms with Crippen LogP contribution in [0.25, 0.3) is 6.08 Å². The first-order chi connectivity index (χ1) is 14.7. The van der Waals surface area contributed by atoms with E-state index >= 15 is 0 Å². The highest BCUT2D eigenvalue weighted by Gasteiger charge is 2.37. The lowest BCUT2D eigenvalue weighted by Gasteiger charge is -2.32. The van der Waals surface area contributed by atoms with Crippen LogP contribution >= 0.6 is 0 Å². The van der Waals surface area contributed by atoms with Crippen molar-refractivity contribution in [2.75, 3.05) is 18.0 Å². The number of carbonyl (C=O) groups excluding carboxylic acids is 1. The Kier molecular flexibility index (Phi) is 7.70. The summed E-state index contributed by atoms with van der Waals surface area (Å²) >= 11 is 0. The van der Waals surface area contributed by atoms with Crippen molar-refractivity contribution in [1.82, 2.24) is 9.88 Å². The lowest BCUT2D eigenvalue weighted by molar-refractivity contribution is -0.131. The third-order valence-corrected chi connectivity index (χ3v) is 5.93. The summed E-state index contributed by atoms with van der Waals surface area (Å²) in [5.41, 5.74) is 0.0702. The zero-order valence-electron chi connectivity index (χ0n) is 18.9. The lowest BCUT2D eigenvalue weighted by atomic mass is 10.1. The molecule has 1 aliphatic heterocycles. The summed E-state index contributed by atoms with van der Waals surface area (Å²) in [5, 5.41) is 8.81. The van der Waals surface area contributed by atoms with Crippen molar-refractivity contribution in [2.24, 2.45) is 0 Å². The molecule has 31 heavy (non-hydrogen) atoms. The number of likely N-dealkylation sites (tertiary alicyclic amines) is 1. The molecule has 1 amide bonds. The van der Waals surface area contributed by atoms with Crippen LogP contribution in [0.3, 0.4) is 0 Å². The molecular weight excluding hydrogens is 394 g/mol. The Morgan fingerprint density at radius 3 is 2.45 bits per heavy atom. The molecule has 0 bridgehead atoms. The molecule has 1 saturated carbocycles. The fraction of sp³-hybridized carbons (Fsp3) is 0.625. The van der Waals surface area contributed by atoms with E-state index in [1.165, 1.54) is 44.6 Å². The van der Waals surface area contributed by atoms with Crippen molar-refractivity contribution in [1.29, 1.82) is 0 Å². The van der Waals surface area contributed by atoms with Gasteiger partial charge in [0.05, 0.1) is 6.04 Å². The minimum absolute atomic E-state index is 0.00557. The van der Waals surface area contributed by atoms with Crippen molar-refractivity contribution < 1.29 is 19.4 Å². The Hall–Kier alpha value is -2.41. The van der Waals surface area contributed by atoms with Gasteiger partial charge < -0.3 is 9.84 Å².